The molecule has 0 spiro atoms. The van der Waals surface area contributed by atoms with Crippen molar-refractivity contribution in [2.75, 3.05) is 29.6 Å². The third-order valence-electron chi connectivity index (χ3n) is 3.36. The second kappa shape index (κ2) is 5.37. The van der Waals surface area contributed by atoms with Crippen LogP contribution in [0.15, 0.2) is 41.0 Å². The molecule has 21 heavy (non-hydrogen) atoms. The first-order valence-electron chi connectivity index (χ1n) is 6.55. The molecule has 0 saturated heterocycles. The molecule has 2 heterocycles. The van der Waals surface area contributed by atoms with Gasteiger partial charge in [-0.05, 0) is 24.3 Å². The molecular weight excluding hydrogens is 332 g/mol. The summed E-state index contributed by atoms with van der Waals surface area (Å²) in [5.41, 5.74) is 2.60. The highest BCUT2D eigenvalue weighted by Crippen LogP contribution is 2.35. The standard InChI is InChI=1S/C15H15BrN4O/c1-20(2)13-6-4-10(8-17-13)18-14-11-5-3-9(16)7-12(11)19-15(14)21/h3-8,14,18H,1-2H3,(H,19,21). The van der Waals surface area contributed by atoms with Crippen molar-refractivity contribution in [1.29, 1.82) is 0 Å². The van der Waals surface area contributed by atoms with Gasteiger partial charge < -0.3 is 15.5 Å². The zero-order valence-electron chi connectivity index (χ0n) is 11.7. The van der Waals surface area contributed by atoms with E-state index >= 15 is 0 Å². The Morgan fingerprint density at radius 3 is 2.76 bits per heavy atom. The third kappa shape index (κ3) is 2.71. The largest absolute Gasteiger partial charge is 0.369 e. The predicted molar refractivity (Wildman–Crippen MR) is 87.7 cm³/mol. The van der Waals surface area contributed by atoms with Gasteiger partial charge in [0.1, 0.15) is 11.9 Å². The molecule has 1 aliphatic heterocycles. The van der Waals surface area contributed by atoms with Crippen LogP contribution < -0.4 is 15.5 Å². The van der Waals surface area contributed by atoms with Crippen LogP contribution >= 0.6 is 15.9 Å². The summed E-state index contributed by atoms with van der Waals surface area (Å²) in [4.78, 5) is 18.4. The van der Waals surface area contributed by atoms with Crippen molar-refractivity contribution in [2.24, 2.45) is 0 Å². The molecule has 1 aliphatic rings. The van der Waals surface area contributed by atoms with E-state index in [2.05, 4.69) is 31.5 Å². The number of halogens is 1. The Balaban J connectivity index is 1.84. The number of nitrogens with zero attached hydrogens (tertiary/aromatic N) is 2. The van der Waals surface area contributed by atoms with E-state index in [9.17, 15) is 4.79 Å². The van der Waals surface area contributed by atoms with Crippen LogP contribution in [-0.2, 0) is 4.79 Å². The van der Waals surface area contributed by atoms with Crippen LogP contribution in [0.25, 0.3) is 0 Å². The highest BCUT2D eigenvalue weighted by Gasteiger charge is 2.30. The molecule has 0 radical (unpaired) electrons. The molecule has 1 unspecified atom stereocenters. The highest BCUT2D eigenvalue weighted by atomic mass is 79.9. The summed E-state index contributed by atoms with van der Waals surface area (Å²) in [5, 5.41) is 6.10. The van der Waals surface area contributed by atoms with Gasteiger partial charge in [-0.25, -0.2) is 4.98 Å². The van der Waals surface area contributed by atoms with E-state index in [0.717, 1.165) is 27.2 Å². The maximum absolute atomic E-state index is 12.1. The van der Waals surface area contributed by atoms with Gasteiger partial charge in [0.25, 0.3) is 5.91 Å². The van der Waals surface area contributed by atoms with Gasteiger partial charge >= 0.3 is 0 Å². The van der Waals surface area contributed by atoms with Crippen LogP contribution in [0.3, 0.4) is 0 Å². The van der Waals surface area contributed by atoms with E-state index in [4.69, 9.17) is 0 Å². The second-order valence-corrected chi connectivity index (χ2v) is 6.01. The average molecular weight is 347 g/mol. The SMILES string of the molecule is CN(C)c1ccc(NC2C(=O)Nc3cc(Br)ccc32)cn1. The number of hydrogen-bond acceptors (Lipinski definition) is 4. The van der Waals surface area contributed by atoms with Crippen LogP contribution in [-0.4, -0.2) is 25.0 Å². The first-order chi connectivity index (χ1) is 10.0. The quantitative estimate of drug-likeness (QED) is 0.896. The third-order valence-corrected chi connectivity index (χ3v) is 3.86. The Labute approximate surface area is 131 Å². The monoisotopic (exact) mass is 346 g/mol. The Kier molecular flexibility index (Phi) is 3.55. The highest BCUT2D eigenvalue weighted by molar-refractivity contribution is 9.10. The van der Waals surface area contributed by atoms with Crippen LogP contribution in [0.1, 0.15) is 11.6 Å². The molecule has 3 rings (SSSR count). The number of benzene rings is 1. The molecule has 108 valence electrons. The van der Waals surface area contributed by atoms with Gasteiger partial charge in [-0.3, -0.25) is 4.79 Å². The summed E-state index contributed by atoms with van der Waals surface area (Å²) >= 11 is 3.41. The second-order valence-electron chi connectivity index (χ2n) is 5.10. The summed E-state index contributed by atoms with van der Waals surface area (Å²) in [6.45, 7) is 0. The zero-order chi connectivity index (χ0) is 15.0. The zero-order valence-corrected chi connectivity index (χ0v) is 13.3. The molecule has 0 saturated carbocycles. The fourth-order valence-corrected chi connectivity index (χ4v) is 2.64. The van der Waals surface area contributed by atoms with Crippen molar-refractivity contribution in [3.8, 4) is 0 Å². The molecule has 0 fully saturated rings. The normalized spacial score (nSPS) is 16.3. The summed E-state index contributed by atoms with van der Waals surface area (Å²) in [6, 6.07) is 9.23. The number of carbonyl (C=O) groups is 1. The molecule has 6 heteroatoms. The summed E-state index contributed by atoms with van der Waals surface area (Å²) < 4.78 is 0.944. The molecule has 5 nitrogen and oxygen atoms in total. The van der Waals surface area contributed by atoms with Crippen LogP contribution in [0.4, 0.5) is 17.2 Å². The predicted octanol–water partition coefficient (Wildman–Crippen LogP) is 3.02. The topological polar surface area (TPSA) is 57.3 Å². The lowest BCUT2D eigenvalue weighted by molar-refractivity contribution is -0.116. The van der Waals surface area contributed by atoms with Crippen LogP contribution in [0.2, 0.25) is 0 Å². The molecule has 1 aromatic heterocycles. The number of aromatic nitrogens is 1. The summed E-state index contributed by atoms with van der Waals surface area (Å²) in [6.07, 6.45) is 1.74. The van der Waals surface area contributed by atoms with E-state index < -0.39 is 0 Å². The van der Waals surface area contributed by atoms with E-state index in [1.807, 2.05) is 49.3 Å². The lowest BCUT2D eigenvalue weighted by Gasteiger charge is -2.15. The van der Waals surface area contributed by atoms with Crippen molar-refractivity contribution in [3.63, 3.8) is 0 Å². The van der Waals surface area contributed by atoms with Crippen molar-refractivity contribution in [3.05, 3.63) is 46.6 Å². The van der Waals surface area contributed by atoms with E-state index in [1.165, 1.54) is 0 Å². The lowest BCUT2D eigenvalue weighted by Crippen LogP contribution is -2.20. The summed E-state index contributed by atoms with van der Waals surface area (Å²) in [5.74, 6) is 0.820. The molecule has 1 aromatic carbocycles. The van der Waals surface area contributed by atoms with Gasteiger partial charge in [-0.1, -0.05) is 22.0 Å². The first-order valence-corrected chi connectivity index (χ1v) is 7.34. The molecule has 2 aromatic rings. The van der Waals surface area contributed by atoms with Gasteiger partial charge in [-0.2, -0.15) is 0 Å². The minimum Gasteiger partial charge on any atom is -0.369 e. The number of carbonyl (C=O) groups excluding carboxylic acids is 1. The molecule has 2 N–H and O–H groups in total. The fourth-order valence-electron chi connectivity index (χ4n) is 2.28. The number of amides is 1. The van der Waals surface area contributed by atoms with E-state index in [0.29, 0.717) is 0 Å². The number of anilines is 3. The molecule has 0 aliphatic carbocycles. The van der Waals surface area contributed by atoms with Crippen LogP contribution in [0, 0.1) is 0 Å². The Bertz CT molecular complexity index is 685. The number of hydrogen-bond donors (Lipinski definition) is 2. The van der Waals surface area contributed by atoms with Gasteiger partial charge in [0, 0.05) is 29.8 Å². The van der Waals surface area contributed by atoms with Gasteiger partial charge in [-0.15, -0.1) is 0 Å². The van der Waals surface area contributed by atoms with E-state index in [-0.39, 0.29) is 11.9 Å². The minimum absolute atomic E-state index is 0.0558. The van der Waals surface area contributed by atoms with Crippen molar-refractivity contribution >= 4 is 39.0 Å². The van der Waals surface area contributed by atoms with E-state index in [1.54, 1.807) is 6.20 Å². The van der Waals surface area contributed by atoms with Crippen molar-refractivity contribution in [2.45, 2.75) is 6.04 Å². The lowest BCUT2D eigenvalue weighted by atomic mass is 10.1. The Morgan fingerprint density at radius 2 is 2.10 bits per heavy atom. The number of nitrogens with one attached hydrogen (secondary N) is 2. The van der Waals surface area contributed by atoms with Crippen molar-refractivity contribution < 1.29 is 4.79 Å². The minimum atomic E-state index is -0.389. The first kappa shape index (κ1) is 13.9. The maximum atomic E-state index is 12.1. The molecule has 1 atom stereocenters. The van der Waals surface area contributed by atoms with Gasteiger partial charge in [0.15, 0.2) is 0 Å². The van der Waals surface area contributed by atoms with Gasteiger partial charge in [0.2, 0.25) is 0 Å². The molecule has 1 amide bonds. The Hall–Kier alpha value is -2.08. The Morgan fingerprint density at radius 1 is 1.29 bits per heavy atom. The fraction of sp³-hybridized carbons (Fsp3) is 0.200. The summed E-state index contributed by atoms with van der Waals surface area (Å²) in [7, 11) is 3.88. The smallest absolute Gasteiger partial charge is 0.251 e. The number of pyridine rings is 1. The van der Waals surface area contributed by atoms with Crippen molar-refractivity contribution in [1.82, 2.24) is 4.98 Å². The average Bonchev–Trinajstić information content (AvgIpc) is 2.75. The number of rotatable bonds is 3. The number of fused-ring (bicyclic) bond motifs is 1. The molecule has 0 bridgehead atoms. The molecular formula is C15H15BrN4O. The van der Waals surface area contributed by atoms with Gasteiger partial charge in [0.05, 0.1) is 11.9 Å². The maximum Gasteiger partial charge on any atom is 0.251 e. The van der Waals surface area contributed by atoms with Crippen LogP contribution in [0.5, 0.6) is 0 Å².